The van der Waals surface area contributed by atoms with Crippen molar-refractivity contribution in [2.75, 3.05) is 32.5 Å². The van der Waals surface area contributed by atoms with Gasteiger partial charge in [-0.3, -0.25) is 0 Å². The van der Waals surface area contributed by atoms with Crippen LogP contribution in [0.25, 0.3) is 11.0 Å². The van der Waals surface area contributed by atoms with Crippen molar-refractivity contribution in [1.29, 1.82) is 0 Å². The van der Waals surface area contributed by atoms with Crippen LogP contribution in [0.15, 0.2) is 18.2 Å². The molecule has 2 aromatic rings. The summed E-state index contributed by atoms with van der Waals surface area (Å²) in [6, 6.07) is 5.95. The lowest BCUT2D eigenvalue weighted by Crippen LogP contribution is -2.23. The van der Waals surface area contributed by atoms with E-state index in [0.717, 1.165) is 36.4 Å². The molecule has 0 aliphatic rings. The summed E-state index contributed by atoms with van der Waals surface area (Å²) in [4.78, 5) is 6.68. The maximum atomic E-state index is 6.02. The molecule has 1 heterocycles. The Hall–Kier alpha value is -1.75. The number of hydrogen-bond acceptors (Lipinski definition) is 4. The molecule has 0 radical (unpaired) electrons. The molecule has 19 heavy (non-hydrogen) atoms. The number of hydrogen-bond donors (Lipinski definition) is 1. The van der Waals surface area contributed by atoms with E-state index < -0.39 is 0 Å². The maximum Gasteiger partial charge on any atom is 0.201 e. The fourth-order valence-corrected chi connectivity index (χ4v) is 2.08. The number of rotatable bonds is 6. The summed E-state index contributed by atoms with van der Waals surface area (Å²) in [6.45, 7) is 7.55. The van der Waals surface area contributed by atoms with Crippen LogP contribution in [0.4, 0.5) is 5.95 Å². The molecule has 0 fully saturated rings. The number of para-hydroxylation sites is 1. The second-order valence-electron chi connectivity index (χ2n) is 4.57. The number of anilines is 1. The second-order valence-corrected chi connectivity index (χ2v) is 4.57. The van der Waals surface area contributed by atoms with Gasteiger partial charge < -0.3 is 19.9 Å². The molecule has 5 heteroatoms. The topological polar surface area (TPSA) is 56.3 Å². The van der Waals surface area contributed by atoms with Gasteiger partial charge in [0.25, 0.3) is 0 Å². The SMILES string of the molecule is CCOc1cccc2c1nc(N)n2CCN(C)CC. The molecule has 1 aromatic carbocycles. The van der Waals surface area contributed by atoms with Gasteiger partial charge in [0.2, 0.25) is 5.95 Å². The highest BCUT2D eigenvalue weighted by atomic mass is 16.5. The third kappa shape index (κ3) is 2.81. The van der Waals surface area contributed by atoms with Gasteiger partial charge in [-0.05, 0) is 32.6 Å². The molecule has 0 saturated carbocycles. The number of ether oxygens (including phenoxy) is 1. The zero-order valence-electron chi connectivity index (χ0n) is 11.9. The van der Waals surface area contributed by atoms with E-state index in [1.165, 1.54) is 0 Å². The number of aromatic nitrogens is 2. The standard InChI is InChI=1S/C14H22N4O/c1-4-17(3)9-10-18-11-7-6-8-12(19-5-2)13(11)16-14(18)15/h6-8H,4-5,9-10H2,1-3H3,(H2,15,16). The van der Waals surface area contributed by atoms with E-state index >= 15 is 0 Å². The highest BCUT2D eigenvalue weighted by molar-refractivity contribution is 5.84. The molecule has 0 amide bonds. The molecule has 104 valence electrons. The monoisotopic (exact) mass is 262 g/mol. The van der Waals surface area contributed by atoms with Crippen molar-refractivity contribution < 1.29 is 4.74 Å². The molecular formula is C14H22N4O. The Labute approximate surface area is 114 Å². The first-order valence-electron chi connectivity index (χ1n) is 6.73. The Kier molecular flexibility index (Phi) is 4.27. The van der Waals surface area contributed by atoms with Crippen molar-refractivity contribution in [2.24, 2.45) is 0 Å². The first kappa shape index (κ1) is 13.7. The van der Waals surface area contributed by atoms with Crippen LogP contribution in [0.3, 0.4) is 0 Å². The van der Waals surface area contributed by atoms with E-state index in [1.807, 2.05) is 29.7 Å². The van der Waals surface area contributed by atoms with Crippen LogP contribution in [0.2, 0.25) is 0 Å². The average molecular weight is 262 g/mol. The lowest BCUT2D eigenvalue weighted by Gasteiger charge is -2.15. The van der Waals surface area contributed by atoms with Crippen LogP contribution in [0.1, 0.15) is 13.8 Å². The van der Waals surface area contributed by atoms with E-state index in [-0.39, 0.29) is 0 Å². The Morgan fingerprint density at radius 3 is 2.84 bits per heavy atom. The van der Waals surface area contributed by atoms with Gasteiger partial charge in [0.05, 0.1) is 12.1 Å². The van der Waals surface area contributed by atoms with Crippen molar-refractivity contribution in [3.05, 3.63) is 18.2 Å². The van der Waals surface area contributed by atoms with Crippen LogP contribution in [-0.4, -0.2) is 41.2 Å². The summed E-state index contributed by atoms with van der Waals surface area (Å²) in [5, 5.41) is 0. The highest BCUT2D eigenvalue weighted by Crippen LogP contribution is 2.26. The smallest absolute Gasteiger partial charge is 0.201 e. The fourth-order valence-electron chi connectivity index (χ4n) is 2.08. The molecule has 0 aliphatic heterocycles. The molecule has 0 saturated heterocycles. The first-order valence-corrected chi connectivity index (χ1v) is 6.73. The second kappa shape index (κ2) is 5.93. The minimum absolute atomic E-state index is 0.548. The van der Waals surface area contributed by atoms with E-state index in [4.69, 9.17) is 10.5 Å². The Morgan fingerprint density at radius 1 is 1.37 bits per heavy atom. The minimum Gasteiger partial charge on any atom is -0.492 e. The molecule has 0 unspecified atom stereocenters. The largest absolute Gasteiger partial charge is 0.492 e. The van der Waals surface area contributed by atoms with E-state index in [9.17, 15) is 0 Å². The molecule has 1 aromatic heterocycles. The number of nitrogens with two attached hydrogens (primary N) is 1. The average Bonchev–Trinajstić information content (AvgIpc) is 2.73. The molecule has 0 atom stereocenters. The Balaban J connectivity index is 2.33. The number of fused-ring (bicyclic) bond motifs is 1. The van der Waals surface area contributed by atoms with Gasteiger partial charge in [-0.1, -0.05) is 13.0 Å². The number of benzene rings is 1. The van der Waals surface area contributed by atoms with Crippen molar-refractivity contribution in [3.8, 4) is 5.75 Å². The number of nitrogen functional groups attached to an aromatic ring is 1. The molecule has 2 N–H and O–H groups in total. The quantitative estimate of drug-likeness (QED) is 0.864. The summed E-state index contributed by atoms with van der Waals surface area (Å²) in [7, 11) is 2.10. The lowest BCUT2D eigenvalue weighted by atomic mass is 10.3. The molecule has 0 bridgehead atoms. The molecule has 2 rings (SSSR count). The Bertz CT molecular complexity index is 550. The van der Waals surface area contributed by atoms with Crippen molar-refractivity contribution in [3.63, 3.8) is 0 Å². The Morgan fingerprint density at radius 2 is 2.16 bits per heavy atom. The summed E-state index contributed by atoms with van der Waals surface area (Å²) in [5.74, 6) is 1.35. The highest BCUT2D eigenvalue weighted by Gasteiger charge is 2.12. The van der Waals surface area contributed by atoms with Gasteiger partial charge in [-0.25, -0.2) is 4.98 Å². The van der Waals surface area contributed by atoms with Crippen LogP contribution in [0.5, 0.6) is 5.75 Å². The summed E-state index contributed by atoms with van der Waals surface area (Å²) >= 11 is 0. The van der Waals surface area contributed by atoms with Crippen LogP contribution >= 0.6 is 0 Å². The van der Waals surface area contributed by atoms with Gasteiger partial charge in [-0.2, -0.15) is 0 Å². The van der Waals surface area contributed by atoms with Gasteiger partial charge in [0, 0.05) is 13.1 Å². The predicted molar refractivity (Wildman–Crippen MR) is 78.5 cm³/mol. The van der Waals surface area contributed by atoms with Crippen LogP contribution in [-0.2, 0) is 6.54 Å². The summed E-state index contributed by atoms with van der Waals surface area (Å²) in [5.41, 5.74) is 7.91. The number of imidazole rings is 1. The van der Waals surface area contributed by atoms with Gasteiger partial charge in [0.1, 0.15) is 11.3 Å². The van der Waals surface area contributed by atoms with E-state index in [1.54, 1.807) is 0 Å². The van der Waals surface area contributed by atoms with Crippen molar-refractivity contribution >= 4 is 17.0 Å². The predicted octanol–water partition coefficient (Wildman–Crippen LogP) is 1.97. The van der Waals surface area contributed by atoms with E-state index in [0.29, 0.717) is 12.6 Å². The van der Waals surface area contributed by atoms with Gasteiger partial charge in [-0.15, -0.1) is 0 Å². The summed E-state index contributed by atoms with van der Waals surface area (Å²) < 4.78 is 7.64. The normalized spacial score (nSPS) is 11.4. The molecule has 5 nitrogen and oxygen atoms in total. The first-order chi connectivity index (χ1) is 9.17. The number of nitrogens with zero attached hydrogens (tertiary/aromatic N) is 3. The zero-order chi connectivity index (χ0) is 13.8. The molecule has 0 aliphatic carbocycles. The van der Waals surface area contributed by atoms with E-state index in [2.05, 4.69) is 23.9 Å². The zero-order valence-corrected chi connectivity index (χ0v) is 11.9. The minimum atomic E-state index is 0.548. The number of likely N-dealkylation sites (N-methyl/N-ethyl adjacent to an activating group) is 1. The van der Waals surface area contributed by atoms with Crippen molar-refractivity contribution in [1.82, 2.24) is 14.5 Å². The van der Waals surface area contributed by atoms with Gasteiger partial charge >= 0.3 is 0 Å². The van der Waals surface area contributed by atoms with Gasteiger partial charge in [0.15, 0.2) is 0 Å². The fraction of sp³-hybridized carbons (Fsp3) is 0.500. The van der Waals surface area contributed by atoms with Crippen LogP contribution in [0, 0.1) is 0 Å². The lowest BCUT2D eigenvalue weighted by molar-refractivity contribution is 0.338. The third-order valence-electron chi connectivity index (χ3n) is 3.32. The molecular weight excluding hydrogens is 240 g/mol. The van der Waals surface area contributed by atoms with Crippen LogP contribution < -0.4 is 10.5 Å². The third-order valence-corrected chi connectivity index (χ3v) is 3.32. The maximum absolute atomic E-state index is 6.02. The van der Waals surface area contributed by atoms with Crippen molar-refractivity contribution in [2.45, 2.75) is 20.4 Å². The summed E-state index contributed by atoms with van der Waals surface area (Å²) in [6.07, 6.45) is 0. The molecule has 0 spiro atoms.